The van der Waals surface area contributed by atoms with Gasteiger partial charge < -0.3 is 21.3 Å². The van der Waals surface area contributed by atoms with Gasteiger partial charge in [0.2, 0.25) is 11.7 Å². The molecule has 1 aromatic carbocycles. The highest BCUT2D eigenvalue weighted by molar-refractivity contribution is 5.90. The smallest absolute Gasteiger partial charge is 0.358 e. The number of alkyl halides is 3. The van der Waals surface area contributed by atoms with Crippen LogP contribution in [-0.4, -0.2) is 72.7 Å². The number of amides is 1. The van der Waals surface area contributed by atoms with Crippen molar-refractivity contribution in [2.45, 2.75) is 56.9 Å². The average molecular weight is 518 g/mol. The van der Waals surface area contributed by atoms with Crippen LogP contribution in [-0.2, 0) is 11.2 Å². The third-order valence-electron chi connectivity index (χ3n) is 7.35. The summed E-state index contributed by atoms with van der Waals surface area (Å²) in [6, 6.07) is 8.68. The molecule has 3 aliphatic heterocycles. The molecule has 0 aliphatic carbocycles. The number of halogens is 3. The Hall–Kier alpha value is -3.10. The maximum absolute atomic E-state index is 13.8. The number of carbonyl (C=O) groups excluding carboxylic acids is 1. The summed E-state index contributed by atoms with van der Waals surface area (Å²) >= 11 is 0. The van der Waals surface area contributed by atoms with Crippen LogP contribution in [0.5, 0.6) is 0 Å². The van der Waals surface area contributed by atoms with Crippen LogP contribution in [0.1, 0.15) is 43.2 Å². The Balaban J connectivity index is 1.42. The van der Waals surface area contributed by atoms with Crippen LogP contribution in [0.2, 0.25) is 0 Å². The van der Waals surface area contributed by atoms with Crippen molar-refractivity contribution in [3.05, 3.63) is 47.3 Å². The molecule has 1 aromatic rings. The van der Waals surface area contributed by atoms with E-state index in [9.17, 15) is 18.0 Å². The summed E-state index contributed by atoms with van der Waals surface area (Å²) in [4.78, 5) is 20.7. The first kappa shape index (κ1) is 26.9. The molecular formula is C26H34F3N7O. The van der Waals surface area contributed by atoms with Gasteiger partial charge in [-0.05, 0) is 74.8 Å². The first-order chi connectivity index (χ1) is 17.8. The van der Waals surface area contributed by atoms with Crippen LogP contribution in [0.3, 0.4) is 0 Å². The van der Waals surface area contributed by atoms with Gasteiger partial charge in [0.15, 0.2) is 0 Å². The SMILES string of the molecule is N#Cc1ccc(CCNC(=O)[C@@H]2CCCN2C2C=C(N3CCC(CCN)CC3)NC(C(F)(F)F)=N2)cc1. The van der Waals surface area contributed by atoms with Crippen LogP contribution >= 0.6 is 0 Å². The van der Waals surface area contributed by atoms with Crippen LogP contribution < -0.4 is 16.4 Å². The highest BCUT2D eigenvalue weighted by atomic mass is 19.4. The van der Waals surface area contributed by atoms with Crippen molar-refractivity contribution < 1.29 is 18.0 Å². The van der Waals surface area contributed by atoms with E-state index in [1.54, 1.807) is 23.1 Å². The fraction of sp³-hybridized carbons (Fsp3) is 0.577. The summed E-state index contributed by atoms with van der Waals surface area (Å²) in [7, 11) is 0. The number of hydrogen-bond donors (Lipinski definition) is 3. The molecule has 2 atom stereocenters. The van der Waals surface area contributed by atoms with Gasteiger partial charge in [0.25, 0.3) is 0 Å². The normalized spacial score (nSPS) is 23.2. The van der Waals surface area contributed by atoms with E-state index in [1.165, 1.54) is 0 Å². The van der Waals surface area contributed by atoms with Crippen LogP contribution in [0.25, 0.3) is 0 Å². The summed E-state index contributed by atoms with van der Waals surface area (Å²) in [5, 5.41) is 14.4. The Morgan fingerprint density at radius 3 is 2.57 bits per heavy atom. The molecule has 1 amide bonds. The number of nitriles is 1. The molecule has 4 rings (SSSR count). The molecule has 0 radical (unpaired) electrons. The van der Waals surface area contributed by atoms with Gasteiger partial charge in [-0.15, -0.1) is 0 Å². The number of amidine groups is 1. The van der Waals surface area contributed by atoms with E-state index >= 15 is 0 Å². The Morgan fingerprint density at radius 2 is 1.92 bits per heavy atom. The summed E-state index contributed by atoms with van der Waals surface area (Å²) in [5.41, 5.74) is 7.23. The van der Waals surface area contributed by atoms with E-state index < -0.39 is 24.2 Å². The zero-order chi connectivity index (χ0) is 26.4. The average Bonchev–Trinajstić information content (AvgIpc) is 3.39. The lowest BCUT2D eigenvalue weighted by Crippen LogP contribution is -2.52. The fourth-order valence-corrected chi connectivity index (χ4v) is 5.28. The molecule has 37 heavy (non-hydrogen) atoms. The van der Waals surface area contributed by atoms with Gasteiger partial charge in [-0.2, -0.15) is 18.4 Å². The summed E-state index contributed by atoms with van der Waals surface area (Å²) in [6.45, 7) is 2.82. The quantitative estimate of drug-likeness (QED) is 0.489. The largest absolute Gasteiger partial charge is 0.449 e. The fourth-order valence-electron chi connectivity index (χ4n) is 5.28. The van der Waals surface area contributed by atoms with Crippen molar-refractivity contribution in [1.82, 2.24) is 20.4 Å². The van der Waals surface area contributed by atoms with Crippen molar-refractivity contribution in [2.24, 2.45) is 16.6 Å². The molecule has 8 nitrogen and oxygen atoms in total. The second-order valence-corrected chi connectivity index (χ2v) is 9.82. The van der Waals surface area contributed by atoms with Gasteiger partial charge in [-0.3, -0.25) is 9.69 Å². The van der Waals surface area contributed by atoms with Crippen molar-refractivity contribution in [1.29, 1.82) is 5.26 Å². The van der Waals surface area contributed by atoms with Gasteiger partial charge >= 0.3 is 6.18 Å². The minimum atomic E-state index is -4.62. The lowest BCUT2D eigenvalue weighted by atomic mass is 9.93. The van der Waals surface area contributed by atoms with Gasteiger partial charge in [0.05, 0.1) is 17.7 Å². The number of carbonyl (C=O) groups is 1. The van der Waals surface area contributed by atoms with Gasteiger partial charge in [-0.25, -0.2) is 4.99 Å². The topological polar surface area (TPSA) is 110 Å². The lowest BCUT2D eigenvalue weighted by Gasteiger charge is -2.39. The van der Waals surface area contributed by atoms with E-state index in [0.29, 0.717) is 69.3 Å². The Labute approximate surface area is 215 Å². The van der Waals surface area contributed by atoms with E-state index in [1.807, 2.05) is 17.0 Å². The number of nitrogens with zero attached hydrogens (tertiary/aromatic N) is 4. The maximum Gasteiger partial charge on any atom is 0.449 e. The Kier molecular flexibility index (Phi) is 8.71. The number of piperidine rings is 1. The molecule has 11 heteroatoms. The minimum absolute atomic E-state index is 0.203. The van der Waals surface area contributed by atoms with E-state index in [2.05, 4.69) is 21.7 Å². The number of benzene rings is 1. The molecule has 0 spiro atoms. The monoisotopic (exact) mass is 517 g/mol. The molecule has 3 heterocycles. The first-order valence-electron chi connectivity index (χ1n) is 12.9. The van der Waals surface area contributed by atoms with Crippen molar-refractivity contribution >= 4 is 11.7 Å². The highest BCUT2D eigenvalue weighted by Gasteiger charge is 2.43. The zero-order valence-electron chi connectivity index (χ0n) is 20.8. The Morgan fingerprint density at radius 1 is 1.19 bits per heavy atom. The lowest BCUT2D eigenvalue weighted by molar-refractivity contribution is -0.125. The van der Waals surface area contributed by atoms with Crippen molar-refractivity contribution in [3.63, 3.8) is 0 Å². The van der Waals surface area contributed by atoms with Crippen LogP contribution in [0, 0.1) is 17.2 Å². The summed E-state index contributed by atoms with van der Waals surface area (Å²) in [6.07, 6.45) is 0.799. The molecule has 2 fully saturated rings. The number of hydrogen-bond acceptors (Lipinski definition) is 7. The maximum atomic E-state index is 13.8. The number of rotatable bonds is 8. The van der Waals surface area contributed by atoms with Crippen molar-refractivity contribution in [3.8, 4) is 6.07 Å². The van der Waals surface area contributed by atoms with E-state index in [0.717, 1.165) is 24.8 Å². The summed E-state index contributed by atoms with van der Waals surface area (Å²) in [5.74, 6) is -0.324. The first-order valence-corrected chi connectivity index (χ1v) is 12.9. The second-order valence-electron chi connectivity index (χ2n) is 9.82. The predicted molar refractivity (Wildman–Crippen MR) is 134 cm³/mol. The second kappa shape index (κ2) is 12.0. The van der Waals surface area contributed by atoms with Gasteiger partial charge in [0.1, 0.15) is 12.0 Å². The standard InChI is InChI=1S/C26H34F3N7O/c27-26(28,29)25-33-22(35-14-9-19(7-11-30)10-15-35)16-23(34-25)36-13-1-2-21(36)24(37)32-12-8-18-3-5-20(17-31)6-4-18/h3-6,16,19,21,23H,1-2,7-15,30H2,(H,32,37)(H,33,34)/t21-,23?/m0/s1. The number of aliphatic imine (C=N–C) groups is 1. The molecule has 200 valence electrons. The minimum Gasteiger partial charge on any atom is -0.358 e. The predicted octanol–water partition coefficient (Wildman–Crippen LogP) is 2.47. The number of nitrogens with one attached hydrogen (secondary N) is 2. The molecule has 0 saturated carbocycles. The highest BCUT2D eigenvalue weighted by Crippen LogP contribution is 2.29. The zero-order valence-corrected chi connectivity index (χ0v) is 20.8. The molecule has 2 saturated heterocycles. The van der Waals surface area contributed by atoms with Gasteiger partial charge in [-0.1, -0.05) is 12.1 Å². The summed E-state index contributed by atoms with van der Waals surface area (Å²) < 4.78 is 41.3. The van der Waals surface area contributed by atoms with Crippen LogP contribution in [0.15, 0.2) is 41.2 Å². The molecule has 4 N–H and O–H groups in total. The van der Waals surface area contributed by atoms with Gasteiger partial charge in [0, 0.05) is 26.2 Å². The molecule has 3 aliphatic rings. The third-order valence-corrected chi connectivity index (χ3v) is 7.35. The van der Waals surface area contributed by atoms with E-state index in [4.69, 9.17) is 11.0 Å². The molecule has 1 unspecified atom stereocenters. The third kappa shape index (κ3) is 6.81. The molecule has 0 bridgehead atoms. The number of likely N-dealkylation sites (tertiary alicyclic amines) is 2. The van der Waals surface area contributed by atoms with Crippen molar-refractivity contribution in [2.75, 3.05) is 32.7 Å². The number of nitrogens with two attached hydrogens (primary N) is 1. The van der Waals surface area contributed by atoms with Crippen LogP contribution in [0.4, 0.5) is 13.2 Å². The molecule has 0 aromatic heterocycles. The molecular weight excluding hydrogens is 483 g/mol. The van der Waals surface area contributed by atoms with E-state index in [-0.39, 0.29) is 5.91 Å². The Bertz CT molecular complexity index is 1040.